The number of benzene rings is 6. The van der Waals surface area contributed by atoms with Gasteiger partial charge in [0.1, 0.15) is 23.8 Å². The van der Waals surface area contributed by atoms with Gasteiger partial charge in [0.05, 0.1) is 56.9 Å². The van der Waals surface area contributed by atoms with E-state index in [1.807, 2.05) is 12.1 Å². The predicted octanol–water partition coefficient (Wildman–Crippen LogP) is 14.5. The second kappa shape index (κ2) is 19.3. The first-order valence-electron chi connectivity index (χ1n) is 26.2. The van der Waals surface area contributed by atoms with Gasteiger partial charge in [-0.05, 0) is 107 Å². The van der Waals surface area contributed by atoms with Gasteiger partial charge in [-0.15, -0.1) is 0 Å². The van der Waals surface area contributed by atoms with Crippen LogP contribution in [0.3, 0.4) is 0 Å². The van der Waals surface area contributed by atoms with Gasteiger partial charge in [0.15, 0.2) is 0 Å². The van der Waals surface area contributed by atoms with E-state index in [2.05, 4.69) is 229 Å². The average Bonchev–Trinajstić information content (AvgIpc) is 3.53. The summed E-state index contributed by atoms with van der Waals surface area (Å²) in [6.07, 6.45) is 3.23. The molecule has 0 bridgehead atoms. The van der Waals surface area contributed by atoms with E-state index in [-0.39, 0.29) is 12.1 Å². The number of nitrogens with zero attached hydrogens (tertiary/aromatic N) is 6. The molecule has 4 aliphatic rings. The molecule has 14 rings (SSSR count). The molecule has 8 heteroatoms. The van der Waals surface area contributed by atoms with Gasteiger partial charge in [-0.2, -0.15) is 0 Å². The van der Waals surface area contributed by atoms with Crippen LogP contribution in [-0.2, 0) is 12.8 Å². The van der Waals surface area contributed by atoms with E-state index in [1.165, 1.54) is 44.5 Å². The van der Waals surface area contributed by atoms with Crippen LogP contribution in [0.25, 0.3) is 67.6 Å². The van der Waals surface area contributed by atoms with Gasteiger partial charge < -0.3 is 10.6 Å². The summed E-state index contributed by atoms with van der Waals surface area (Å²) < 4.78 is 0. The Morgan fingerprint density at radius 1 is 0.303 bits per heavy atom. The lowest BCUT2D eigenvalue weighted by Gasteiger charge is -2.33. The largest absolute Gasteiger partial charge is 0.338 e. The van der Waals surface area contributed by atoms with E-state index in [9.17, 15) is 0 Å². The minimum absolute atomic E-state index is 0.364. The highest BCUT2D eigenvalue weighted by Gasteiger charge is 2.36. The molecular formula is C68H50N8. The van der Waals surface area contributed by atoms with Crippen LogP contribution in [0.1, 0.15) is 70.0 Å². The Morgan fingerprint density at radius 2 is 0.645 bits per heavy atom. The number of aromatic nitrogens is 4. The zero-order chi connectivity index (χ0) is 50.4. The molecule has 0 fully saturated rings. The molecule has 2 aliphatic carbocycles. The highest BCUT2D eigenvalue weighted by Crippen LogP contribution is 2.47. The molecule has 0 radical (unpaired) electrons. The number of aliphatic imine (C=N–C) groups is 2. The number of hydrogen-bond donors (Lipinski definition) is 2. The van der Waals surface area contributed by atoms with Crippen LogP contribution in [0.2, 0.25) is 0 Å². The highest BCUT2D eigenvalue weighted by atomic mass is 15.1. The molecule has 0 saturated heterocycles. The third-order valence-corrected chi connectivity index (χ3v) is 15.1. The van der Waals surface area contributed by atoms with Crippen molar-refractivity contribution in [2.75, 3.05) is 0 Å². The molecule has 362 valence electrons. The van der Waals surface area contributed by atoms with E-state index in [4.69, 9.17) is 29.9 Å². The van der Waals surface area contributed by atoms with Crippen molar-refractivity contribution in [1.29, 1.82) is 0 Å². The van der Waals surface area contributed by atoms with Crippen molar-refractivity contribution in [3.05, 3.63) is 287 Å². The molecular weight excluding hydrogens is 929 g/mol. The van der Waals surface area contributed by atoms with Gasteiger partial charge in [0.2, 0.25) is 0 Å². The summed E-state index contributed by atoms with van der Waals surface area (Å²) in [5.41, 5.74) is 22.7. The number of pyridine rings is 4. The standard InChI is InChI=1S/C68H50N8/c1-7-21-43(22-8-1)53-41-59(45-25-11-3-12-26-45)71-63-49(53)37-39-51-61(73-67(75-65(51)63)47-29-15-5-16-30-47)57-35-19-33-55(69-57)56-34-20-36-58(70-56)62-52-40-38-50-54(44-23-9-2-10-24-44)42-60(46-27-13-4-14-28-46)72-64(50)66(52)76-68(74-62)48-31-17-6-18-32-48/h1-36,41-42,61-62H,37-40H2,(H,73,75)(H,74,76). The van der Waals surface area contributed by atoms with E-state index in [1.54, 1.807) is 0 Å². The zero-order valence-electron chi connectivity index (χ0n) is 41.6. The van der Waals surface area contributed by atoms with Crippen molar-refractivity contribution >= 4 is 23.1 Å². The fraction of sp³-hybridized carbons (Fsp3) is 0.0882. The zero-order valence-corrected chi connectivity index (χ0v) is 41.6. The van der Waals surface area contributed by atoms with Crippen molar-refractivity contribution in [2.24, 2.45) is 9.98 Å². The maximum absolute atomic E-state index is 5.52. The van der Waals surface area contributed by atoms with Crippen LogP contribution in [0, 0.1) is 0 Å². The fourth-order valence-electron chi connectivity index (χ4n) is 11.4. The van der Waals surface area contributed by atoms with Crippen molar-refractivity contribution < 1.29 is 0 Å². The van der Waals surface area contributed by atoms with E-state index in [0.717, 1.165) is 117 Å². The molecule has 0 saturated carbocycles. The lowest BCUT2D eigenvalue weighted by atomic mass is 9.82. The monoisotopic (exact) mass is 978 g/mol. The molecule has 0 spiro atoms. The van der Waals surface area contributed by atoms with Gasteiger partial charge in [0.25, 0.3) is 0 Å². The third kappa shape index (κ3) is 8.30. The Morgan fingerprint density at radius 3 is 1.01 bits per heavy atom. The maximum atomic E-state index is 5.52. The minimum atomic E-state index is -0.364. The van der Waals surface area contributed by atoms with E-state index in [0.29, 0.717) is 0 Å². The van der Waals surface area contributed by atoms with Gasteiger partial charge in [0, 0.05) is 22.3 Å². The molecule has 8 nitrogen and oxygen atoms in total. The summed E-state index contributed by atoms with van der Waals surface area (Å²) >= 11 is 0. The Hall–Kier alpha value is -9.66. The molecule has 10 aromatic rings. The van der Waals surface area contributed by atoms with Gasteiger partial charge in [-0.3, -0.25) is 9.98 Å². The topological polar surface area (TPSA) is 100 Å². The molecule has 6 heterocycles. The van der Waals surface area contributed by atoms with E-state index < -0.39 is 0 Å². The lowest BCUT2D eigenvalue weighted by Crippen LogP contribution is -2.33. The highest BCUT2D eigenvalue weighted by molar-refractivity contribution is 6.07. The normalized spacial score (nSPS) is 16.5. The SMILES string of the molecule is c1ccc(C2=NC(c3cccc(-c4cccc(C5N=C(c6ccccc6)NC6=C5CCc5c(-c7ccccc7)cc(-c7ccccc7)nc56)n4)n3)C3=C(N2)c2nc(-c4ccccc4)cc(-c4ccccc4)c2CC3)cc1. The van der Waals surface area contributed by atoms with Crippen LogP contribution in [0.15, 0.2) is 252 Å². The molecule has 2 unspecified atom stereocenters. The van der Waals surface area contributed by atoms with E-state index >= 15 is 0 Å². The van der Waals surface area contributed by atoms with Gasteiger partial charge in [-0.25, -0.2) is 19.9 Å². The van der Waals surface area contributed by atoms with Crippen LogP contribution in [-0.4, -0.2) is 31.6 Å². The Labute approximate surface area is 442 Å². The molecule has 76 heavy (non-hydrogen) atoms. The second-order valence-corrected chi connectivity index (χ2v) is 19.7. The molecule has 2 aliphatic heterocycles. The Balaban J connectivity index is 0.886. The van der Waals surface area contributed by atoms with Crippen LogP contribution in [0.4, 0.5) is 0 Å². The summed E-state index contributed by atoms with van der Waals surface area (Å²) in [4.78, 5) is 33.0. The molecule has 2 atom stereocenters. The van der Waals surface area contributed by atoms with Crippen LogP contribution in [0.5, 0.6) is 0 Å². The summed E-state index contributed by atoms with van der Waals surface area (Å²) in [5.74, 6) is 1.57. The molecule has 2 N–H and O–H groups in total. The smallest absolute Gasteiger partial charge is 0.133 e. The molecule has 4 aromatic heterocycles. The Kier molecular flexibility index (Phi) is 11.4. The summed E-state index contributed by atoms with van der Waals surface area (Å²) in [7, 11) is 0. The van der Waals surface area contributed by atoms with Gasteiger partial charge in [-0.1, -0.05) is 194 Å². The number of amidine groups is 2. The van der Waals surface area contributed by atoms with Crippen molar-refractivity contribution in [3.63, 3.8) is 0 Å². The quantitative estimate of drug-likeness (QED) is 0.149. The number of fused-ring (bicyclic) bond motifs is 4. The fourth-order valence-corrected chi connectivity index (χ4v) is 11.4. The number of hydrogen-bond acceptors (Lipinski definition) is 8. The summed E-state index contributed by atoms with van der Waals surface area (Å²) in [6, 6.07) is 79.4. The first-order valence-corrected chi connectivity index (χ1v) is 26.2. The number of nitrogens with one attached hydrogen (secondary N) is 2. The average molecular weight is 979 g/mol. The number of rotatable bonds is 9. The third-order valence-electron chi connectivity index (χ3n) is 15.1. The first kappa shape index (κ1) is 45.0. The van der Waals surface area contributed by atoms with Crippen LogP contribution >= 0.6 is 0 Å². The summed E-state index contributed by atoms with van der Waals surface area (Å²) in [5, 5.41) is 7.69. The molecule has 6 aromatic carbocycles. The lowest BCUT2D eigenvalue weighted by molar-refractivity contribution is 0.712. The van der Waals surface area contributed by atoms with Crippen molar-refractivity contribution in [2.45, 2.75) is 37.8 Å². The summed E-state index contributed by atoms with van der Waals surface area (Å²) in [6.45, 7) is 0. The second-order valence-electron chi connectivity index (χ2n) is 19.7. The van der Waals surface area contributed by atoms with Crippen LogP contribution < -0.4 is 10.6 Å². The minimum Gasteiger partial charge on any atom is -0.338 e. The van der Waals surface area contributed by atoms with Crippen molar-refractivity contribution in [3.8, 4) is 56.2 Å². The van der Waals surface area contributed by atoms with Gasteiger partial charge >= 0.3 is 0 Å². The maximum Gasteiger partial charge on any atom is 0.133 e. The van der Waals surface area contributed by atoms with Crippen molar-refractivity contribution in [1.82, 2.24) is 30.6 Å². The first-order chi connectivity index (χ1) is 37.7. The predicted molar refractivity (Wildman–Crippen MR) is 306 cm³/mol. The Bertz CT molecular complexity index is 3700. The molecule has 0 amide bonds.